The van der Waals surface area contributed by atoms with Gasteiger partial charge in [0.05, 0.1) is 11.5 Å². The van der Waals surface area contributed by atoms with Crippen LogP contribution in [0.1, 0.15) is 51.9 Å². The van der Waals surface area contributed by atoms with Crippen molar-refractivity contribution in [3.63, 3.8) is 0 Å². The minimum absolute atomic E-state index is 0.0898. The van der Waals surface area contributed by atoms with E-state index in [9.17, 15) is 4.79 Å². The zero-order valence-corrected chi connectivity index (χ0v) is 12.7. The smallest absolute Gasteiger partial charge is 0.333 e. The van der Waals surface area contributed by atoms with E-state index < -0.39 is 6.29 Å². The van der Waals surface area contributed by atoms with Gasteiger partial charge >= 0.3 is 5.97 Å². The summed E-state index contributed by atoms with van der Waals surface area (Å²) < 4.78 is 16.9. The number of esters is 1. The molecule has 0 N–H and O–H groups in total. The molecule has 0 aromatic heterocycles. The van der Waals surface area contributed by atoms with Crippen LogP contribution in [0.2, 0.25) is 0 Å². The molecule has 0 spiro atoms. The highest BCUT2D eigenvalue weighted by molar-refractivity contribution is 5.87. The Morgan fingerprint density at radius 2 is 1.76 bits per heavy atom. The minimum Gasteiger partial charge on any atom is -0.456 e. The van der Waals surface area contributed by atoms with Gasteiger partial charge in [0.25, 0.3) is 6.29 Å². The first kappa shape index (κ1) is 15.7. The molecule has 0 saturated heterocycles. The van der Waals surface area contributed by atoms with E-state index in [1.807, 2.05) is 6.92 Å². The first-order chi connectivity index (χ1) is 10.2. The second-order valence-corrected chi connectivity index (χ2v) is 5.35. The van der Waals surface area contributed by atoms with Crippen molar-refractivity contribution in [1.29, 1.82) is 0 Å². The SMILES string of the molecule is C=C(CC)C(=O)OCC(OC1=CCCC1)OC1=CCCC1. The topological polar surface area (TPSA) is 44.8 Å². The Kier molecular flexibility index (Phi) is 5.90. The highest BCUT2D eigenvalue weighted by atomic mass is 16.7. The van der Waals surface area contributed by atoms with Gasteiger partial charge in [-0.05, 0) is 44.3 Å². The van der Waals surface area contributed by atoms with Gasteiger partial charge in [-0.3, -0.25) is 0 Å². The van der Waals surface area contributed by atoms with Crippen LogP contribution in [0.5, 0.6) is 0 Å². The van der Waals surface area contributed by atoms with E-state index in [2.05, 4.69) is 18.7 Å². The number of allylic oxidation sites excluding steroid dienone is 4. The molecular weight excluding hydrogens is 268 g/mol. The Labute approximate surface area is 126 Å². The van der Waals surface area contributed by atoms with E-state index in [0.29, 0.717) is 12.0 Å². The second-order valence-electron chi connectivity index (χ2n) is 5.35. The maximum Gasteiger partial charge on any atom is 0.333 e. The van der Waals surface area contributed by atoms with Gasteiger partial charge in [0.1, 0.15) is 0 Å². The van der Waals surface area contributed by atoms with Gasteiger partial charge in [0, 0.05) is 18.4 Å². The van der Waals surface area contributed by atoms with E-state index in [-0.39, 0.29) is 12.6 Å². The lowest BCUT2D eigenvalue weighted by atomic mass is 10.2. The van der Waals surface area contributed by atoms with Crippen molar-refractivity contribution in [3.05, 3.63) is 35.8 Å². The average Bonchev–Trinajstić information content (AvgIpc) is 3.17. The van der Waals surface area contributed by atoms with E-state index in [4.69, 9.17) is 14.2 Å². The number of ether oxygens (including phenoxy) is 3. The van der Waals surface area contributed by atoms with E-state index in [1.54, 1.807) is 0 Å². The van der Waals surface area contributed by atoms with Crippen LogP contribution in [0.15, 0.2) is 35.8 Å². The molecular formula is C17H24O4. The summed E-state index contributed by atoms with van der Waals surface area (Å²) in [5, 5.41) is 0. The molecule has 0 amide bonds. The number of hydrogen-bond donors (Lipinski definition) is 0. The lowest BCUT2D eigenvalue weighted by molar-refractivity contribution is -0.159. The van der Waals surface area contributed by atoms with E-state index in [0.717, 1.165) is 50.0 Å². The van der Waals surface area contributed by atoms with Gasteiger partial charge in [0.15, 0.2) is 6.61 Å². The zero-order valence-electron chi connectivity index (χ0n) is 12.7. The molecule has 21 heavy (non-hydrogen) atoms. The Balaban J connectivity index is 1.87. The van der Waals surface area contributed by atoms with Crippen LogP contribution in [0, 0.1) is 0 Å². The maximum atomic E-state index is 11.7. The highest BCUT2D eigenvalue weighted by Crippen LogP contribution is 2.25. The Morgan fingerprint density at radius 1 is 1.19 bits per heavy atom. The molecule has 0 aromatic rings. The lowest BCUT2D eigenvalue weighted by Crippen LogP contribution is -2.25. The standard InChI is InChI=1S/C17H24O4/c1-3-13(2)17(18)19-12-16(20-14-8-4-5-9-14)21-15-10-6-7-11-15/h8,10,16H,2-7,9,11-12H2,1H3. The van der Waals surface area contributed by atoms with Gasteiger partial charge < -0.3 is 14.2 Å². The predicted molar refractivity (Wildman–Crippen MR) is 80.2 cm³/mol. The average molecular weight is 292 g/mol. The number of rotatable bonds is 8. The third-order valence-electron chi connectivity index (χ3n) is 3.63. The summed E-state index contributed by atoms with van der Waals surface area (Å²) in [5.74, 6) is 1.49. The van der Waals surface area contributed by atoms with Crippen molar-refractivity contribution < 1.29 is 19.0 Å². The van der Waals surface area contributed by atoms with Crippen LogP contribution in [-0.4, -0.2) is 18.9 Å². The van der Waals surface area contributed by atoms with Crippen LogP contribution < -0.4 is 0 Å². The Bertz CT molecular complexity index is 422. The molecule has 0 aliphatic heterocycles. The summed E-state index contributed by atoms with van der Waals surface area (Å²) in [5.41, 5.74) is 0.467. The molecule has 0 heterocycles. The lowest BCUT2D eigenvalue weighted by Gasteiger charge is -2.21. The van der Waals surface area contributed by atoms with E-state index in [1.165, 1.54) is 0 Å². The van der Waals surface area contributed by atoms with Crippen LogP contribution >= 0.6 is 0 Å². The molecule has 4 nitrogen and oxygen atoms in total. The molecule has 0 fully saturated rings. The third-order valence-corrected chi connectivity index (χ3v) is 3.63. The van der Waals surface area contributed by atoms with E-state index >= 15 is 0 Å². The molecule has 0 atom stereocenters. The monoisotopic (exact) mass is 292 g/mol. The van der Waals surface area contributed by atoms with Gasteiger partial charge in [-0.2, -0.15) is 0 Å². The van der Waals surface area contributed by atoms with Crippen molar-refractivity contribution >= 4 is 5.97 Å². The molecule has 0 radical (unpaired) electrons. The first-order valence-electron chi connectivity index (χ1n) is 7.75. The predicted octanol–water partition coefficient (Wildman–Crippen LogP) is 3.99. The molecule has 0 bridgehead atoms. The molecule has 4 heteroatoms. The molecule has 2 rings (SSSR count). The molecule has 2 aliphatic carbocycles. The van der Waals surface area contributed by atoms with Gasteiger partial charge in [-0.1, -0.05) is 13.5 Å². The quantitative estimate of drug-likeness (QED) is 0.385. The maximum absolute atomic E-state index is 11.7. The normalized spacial score (nSPS) is 17.4. The fourth-order valence-corrected chi connectivity index (χ4v) is 2.32. The highest BCUT2D eigenvalue weighted by Gasteiger charge is 2.20. The van der Waals surface area contributed by atoms with Gasteiger partial charge in [0.2, 0.25) is 0 Å². The zero-order chi connectivity index (χ0) is 15.1. The van der Waals surface area contributed by atoms with Crippen LogP contribution in [-0.2, 0) is 19.0 Å². The minimum atomic E-state index is -0.563. The van der Waals surface area contributed by atoms with Gasteiger partial charge in [-0.15, -0.1) is 0 Å². The third kappa shape index (κ3) is 4.96. The fourth-order valence-electron chi connectivity index (χ4n) is 2.32. The summed E-state index contributed by atoms with van der Waals surface area (Å²) >= 11 is 0. The Morgan fingerprint density at radius 3 is 2.19 bits per heavy atom. The molecule has 0 saturated carbocycles. The second kappa shape index (κ2) is 7.91. The number of carbonyl (C=O) groups excluding carboxylic acids is 1. The first-order valence-corrected chi connectivity index (χ1v) is 7.75. The number of hydrogen-bond acceptors (Lipinski definition) is 4. The Hall–Kier alpha value is -1.71. The molecule has 2 aliphatic rings. The summed E-state index contributed by atoms with van der Waals surface area (Å²) in [6.07, 6.45) is 10.3. The largest absolute Gasteiger partial charge is 0.456 e. The molecule has 0 aromatic carbocycles. The van der Waals surface area contributed by atoms with Crippen molar-refractivity contribution in [2.45, 2.75) is 58.2 Å². The summed E-state index contributed by atoms with van der Waals surface area (Å²) in [6, 6.07) is 0. The van der Waals surface area contributed by atoms with Crippen molar-refractivity contribution in [1.82, 2.24) is 0 Å². The van der Waals surface area contributed by atoms with Crippen molar-refractivity contribution in [2.24, 2.45) is 0 Å². The van der Waals surface area contributed by atoms with Crippen LogP contribution in [0.3, 0.4) is 0 Å². The summed E-state index contributed by atoms with van der Waals surface area (Å²) in [6.45, 7) is 5.64. The molecule has 0 unspecified atom stereocenters. The fraction of sp³-hybridized carbons (Fsp3) is 0.588. The molecule has 116 valence electrons. The summed E-state index contributed by atoms with van der Waals surface area (Å²) in [4.78, 5) is 11.7. The summed E-state index contributed by atoms with van der Waals surface area (Å²) in [7, 11) is 0. The van der Waals surface area contributed by atoms with Crippen molar-refractivity contribution in [3.8, 4) is 0 Å². The number of carbonyl (C=O) groups is 1. The van der Waals surface area contributed by atoms with Crippen LogP contribution in [0.4, 0.5) is 0 Å². The van der Waals surface area contributed by atoms with Crippen LogP contribution in [0.25, 0.3) is 0 Å². The van der Waals surface area contributed by atoms with Gasteiger partial charge in [-0.25, -0.2) is 4.79 Å². The van der Waals surface area contributed by atoms with Crippen molar-refractivity contribution in [2.75, 3.05) is 6.61 Å².